The molecule has 3 rings (SSSR count). The third-order valence-electron chi connectivity index (χ3n) is 4.42. The highest BCUT2D eigenvalue weighted by atomic mass is 32.2. The summed E-state index contributed by atoms with van der Waals surface area (Å²) in [6.07, 6.45) is 4.03. The van der Waals surface area contributed by atoms with Gasteiger partial charge in [0.05, 0.1) is 4.92 Å². The summed E-state index contributed by atoms with van der Waals surface area (Å²) in [5, 5.41) is 17.9. The van der Waals surface area contributed by atoms with Crippen LogP contribution in [0, 0.1) is 16.0 Å². The number of pyridine rings is 1. The zero-order valence-electron chi connectivity index (χ0n) is 16.8. The molecular formula is C19H19N5O6S. The van der Waals surface area contributed by atoms with Crippen LogP contribution >= 0.6 is 0 Å². The smallest absolute Gasteiger partial charge is 0.288 e. The van der Waals surface area contributed by atoms with Gasteiger partial charge in [-0.2, -0.15) is 4.98 Å². The Labute approximate surface area is 177 Å². The largest absolute Gasteiger partial charge is 0.340 e. The molecule has 1 atom stereocenters. The van der Waals surface area contributed by atoms with E-state index in [-0.39, 0.29) is 17.4 Å². The summed E-state index contributed by atoms with van der Waals surface area (Å²) >= 11 is 0. The molecular weight excluding hydrogens is 426 g/mol. The Kier molecular flexibility index (Phi) is 6.11. The van der Waals surface area contributed by atoms with E-state index in [9.17, 15) is 23.3 Å². The Morgan fingerprint density at radius 2 is 1.87 bits per heavy atom. The van der Waals surface area contributed by atoms with Gasteiger partial charge in [0, 0.05) is 35.8 Å². The van der Waals surface area contributed by atoms with Crippen LogP contribution in [0.4, 0.5) is 5.69 Å². The van der Waals surface area contributed by atoms with Gasteiger partial charge in [0.2, 0.25) is 11.7 Å². The van der Waals surface area contributed by atoms with Crippen LogP contribution in [0.15, 0.2) is 52.1 Å². The molecule has 3 aromatic rings. The van der Waals surface area contributed by atoms with E-state index < -0.39 is 37.3 Å². The van der Waals surface area contributed by atoms with Gasteiger partial charge in [0.25, 0.3) is 11.6 Å². The molecule has 0 saturated heterocycles. The predicted molar refractivity (Wildman–Crippen MR) is 109 cm³/mol. The first-order chi connectivity index (χ1) is 14.6. The van der Waals surface area contributed by atoms with E-state index in [1.54, 1.807) is 24.5 Å². The molecule has 0 bridgehead atoms. The van der Waals surface area contributed by atoms with Crippen molar-refractivity contribution in [1.29, 1.82) is 0 Å². The Bertz CT molecular complexity index is 1220. The molecule has 162 valence electrons. The van der Waals surface area contributed by atoms with Gasteiger partial charge >= 0.3 is 0 Å². The molecule has 0 aliphatic rings. The van der Waals surface area contributed by atoms with E-state index in [1.807, 2.05) is 13.8 Å². The molecule has 31 heavy (non-hydrogen) atoms. The average molecular weight is 445 g/mol. The maximum absolute atomic E-state index is 12.8. The van der Waals surface area contributed by atoms with Crippen LogP contribution in [0.1, 0.15) is 36.1 Å². The predicted octanol–water partition coefficient (Wildman–Crippen LogP) is 2.57. The molecule has 1 N–H and O–H groups in total. The number of amides is 1. The van der Waals surface area contributed by atoms with Crippen molar-refractivity contribution in [2.75, 3.05) is 6.26 Å². The summed E-state index contributed by atoms with van der Waals surface area (Å²) in [5.74, 6) is -0.312. The van der Waals surface area contributed by atoms with Gasteiger partial charge in [-0.15, -0.1) is 0 Å². The molecule has 2 aromatic heterocycles. The second-order valence-electron chi connectivity index (χ2n) is 7.10. The van der Waals surface area contributed by atoms with Gasteiger partial charge in [-0.3, -0.25) is 19.9 Å². The minimum Gasteiger partial charge on any atom is -0.340 e. The molecule has 0 aliphatic carbocycles. The van der Waals surface area contributed by atoms with Gasteiger partial charge in [0.15, 0.2) is 9.84 Å². The topological polar surface area (TPSA) is 158 Å². The molecule has 0 radical (unpaired) electrons. The lowest BCUT2D eigenvalue weighted by Crippen LogP contribution is -2.32. The van der Waals surface area contributed by atoms with E-state index in [1.165, 1.54) is 6.07 Å². The highest BCUT2D eigenvalue weighted by Gasteiger charge is 2.28. The quantitative estimate of drug-likeness (QED) is 0.426. The SMILES string of the molecule is CC(C)C(NC(=O)c1ccc(S(C)(=O)=O)c([N+](=O)[O-])c1)c1nc(-c2ccncc2)no1. The van der Waals surface area contributed by atoms with Crippen molar-refractivity contribution in [3.8, 4) is 11.4 Å². The Hall–Kier alpha value is -3.67. The zero-order valence-corrected chi connectivity index (χ0v) is 17.7. The standard InChI is InChI=1S/C19H19N5O6S/c1-11(2)16(19-22-17(23-30-19)12-6-8-20-9-7-12)21-18(25)13-4-5-15(31(3,28)29)14(10-13)24(26)27/h4-11,16H,1-3H3,(H,21,25). The van der Waals surface area contributed by atoms with Crippen LogP contribution in [0.2, 0.25) is 0 Å². The fraction of sp³-hybridized carbons (Fsp3) is 0.263. The molecule has 1 aromatic carbocycles. The van der Waals surface area contributed by atoms with Crippen LogP contribution in [0.3, 0.4) is 0 Å². The summed E-state index contributed by atoms with van der Waals surface area (Å²) < 4.78 is 28.9. The molecule has 11 nitrogen and oxygen atoms in total. The van der Waals surface area contributed by atoms with Gasteiger partial charge in [-0.25, -0.2) is 8.42 Å². The lowest BCUT2D eigenvalue weighted by Gasteiger charge is -2.18. The Morgan fingerprint density at radius 1 is 1.19 bits per heavy atom. The number of benzene rings is 1. The number of rotatable bonds is 7. The van der Waals surface area contributed by atoms with E-state index in [0.717, 1.165) is 18.4 Å². The average Bonchev–Trinajstić information content (AvgIpc) is 3.21. The Balaban J connectivity index is 1.89. The van der Waals surface area contributed by atoms with Crippen LogP contribution in [-0.4, -0.2) is 40.6 Å². The summed E-state index contributed by atoms with van der Waals surface area (Å²) in [7, 11) is -3.84. The number of hydrogen-bond donors (Lipinski definition) is 1. The van der Waals surface area contributed by atoms with E-state index in [2.05, 4.69) is 20.4 Å². The summed E-state index contributed by atoms with van der Waals surface area (Å²) in [6, 6.07) is 5.93. The van der Waals surface area contributed by atoms with Gasteiger partial charge < -0.3 is 9.84 Å². The van der Waals surface area contributed by atoms with E-state index in [0.29, 0.717) is 11.4 Å². The fourth-order valence-corrected chi connectivity index (χ4v) is 3.66. The number of aromatic nitrogens is 3. The highest BCUT2D eigenvalue weighted by Crippen LogP contribution is 2.27. The summed E-state index contributed by atoms with van der Waals surface area (Å²) in [6.45, 7) is 3.66. The van der Waals surface area contributed by atoms with Crippen molar-refractivity contribution in [3.63, 3.8) is 0 Å². The van der Waals surface area contributed by atoms with Crippen LogP contribution in [-0.2, 0) is 9.84 Å². The van der Waals surface area contributed by atoms with Crippen LogP contribution in [0.5, 0.6) is 0 Å². The van der Waals surface area contributed by atoms with Crippen LogP contribution < -0.4 is 5.32 Å². The fourth-order valence-electron chi connectivity index (χ4n) is 2.83. The summed E-state index contributed by atoms with van der Waals surface area (Å²) in [4.78, 5) is 31.0. The number of sulfone groups is 1. The number of nitrogens with zero attached hydrogens (tertiary/aromatic N) is 4. The van der Waals surface area contributed by atoms with E-state index in [4.69, 9.17) is 4.52 Å². The first-order valence-electron chi connectivity index (χ1n) is 9.11. The molecule has 1 unspecified atom stereocenters. The van der Waals surface area contributed by atoms with Crippen molar-refractivity contribution in [2.45, 2.75) is 24.8 Å². The molecule has 0 aliphatic heterocycles. The number of nitro benzene ring substituents is 1. The molecule has 0 saturated carbocycles. The van der Waals surface area contributed by atoms with Crippen LogP contribution in [0.25, 0.3) is 11.4 Å². The maximum atomic E-state index is 12.8. The third kappa shape index (κ3) is 4.91. The molecule has 1 amide bonds. The van der Waals surface area contributed by atoms with Gasteiger partial charge in [0.1, 0.15) is 10.9 Å². The molecule has 0 spiro atoms. The first kappa shape index (κ1) is 22.0. The molecule has 12 heteroatoms. The maximum Gasteiger partial charge on any atom is 0.288 e. The van der Waals surface area contributed by atoms with Crippen molar-refractivity contribution in [1.82, 2.24) is 20.4 Å². The molecule has 2 heterocycles. The first-order valence-corrected chi connectivity index (χ1v) is 11.0. The monoisotopic (exact) mass is 445 g/mol. The second-order valence-corrected chi connectivity index (χ2v) is 9.08. The summed E-state index contributed by atoms with van der Waals surface area (Å²) in [5.41, 5.74) is -0.0570. The minimum absolute atomic E-state index is 0.0707. The number of carbonyl (C=O) groups is 1. The van der Waals surface area contributed by atoms with Crippen molar-refractivity contribution >= 4 is 21.4 Å². The minimum atomic E-state index is -3.84. The Morgan fingerprint density at radius 3 is 2.45 bits per heavy atom. The van der Waals surface area contributed by atoms with Gasteiger partial charge in [-0.1, -0.05) is 19.0 Å². The van der Waals surface area contributed by atoms with E-state index >= 15 is 0 Å². The number of carbonyl (C=O) groups excluding carboxylic acids is 1. The second kappa shape index (κ2) is 8.60. The number of hydrogen-bond acceptors (Lipinski definition) is 9. The number of nitrogens with one attached hydrogen (secondary N) is 1. The normalized spacial score (nSPS) is 12.5. The lowest BCUT2D eigenvalue weighted by atomic mass is 10.0. The molecule has 0 fully saturated rings. The van der Waals surface area contributed by atoms with Crippen molar-refractivity contribution in [2.24, 2.45) is 5.92 Å². The van der Waals surface area contributed by atoms with Crippen molar-refractivity contribution in [3.05, 3.63) is 64.3 Å². The van der Waals surface area contributed by atoms with Crippen molar-refractivity contribution < 1.29 is 22.7 Å². The number of nitro groups is 1. The third-order valence-corrected chi connectivity index (χ3v) is 5.56. The lowest BCUT2D eigenvalue weighted by molar-refractivity contribution is -0.387. The highest BCUT2D eigenvalue weighted by molar-refractivity contribution is 7.90. The van der Waals surface area contributed by atoms with Gasteiger partial charge in [-0.05, 0) is 30.2 Å². The zero-order chi connectivity index (χ0) is 22.8.